The quantitative estimate of drug-likeness (QED) is 0.768. The van der Waals surface area contributed by atoms with E-state index in [1.807, 2.05) is 0 Å². The fraction of sp³-hybridized carbons (Fsp3) is 0.733. The normalized spacial score (nSPS) is 19.3. The van der Waals surface area contributed by atoms with E-state index in [0.29, 0.717) is 17.7 Å². The third-order valence-corrected chi connectivity index (χ3v) is 3.57. The highest BCUT2D eigenvalue weighted by Gasteiger charge is 2.17. The topological polar surface area (TPSA) is 68.3 Å². The summed E-state index contributed by atoms with van der Waals surface area (Å²) in [6, 6.07) is 0.351. The van der Waals surface area contributed by atoms with Gasteiger partial charge in [0.1, 0.15) is 6.23 Å². The van der Waals surface area contributed by atoms with Crippen molar-refractivity contribution >= 4 is 11.8 Å². The molecule has 2 heterocycles. The van der Waals surface area contributed by atoms with Gasteiger partial charge in [-0.15, -0.1) is 0 Å². The molecule has 6 heteroatoms. The van der Waals surface area contributed by atoms with Gasteiger partial charge in [0.15, 0.2) is 11.6 Å². The first-order chi connectivity index (χ1) is 10.2. The number of nitrogens with zero attached hydrogens (tertiary/aromatic N) is 2. The Hall–Kier alpha value is -1.56. The molecule has 1 saturated heterocycles. The molecule has 0 spiro atoms. The highest BCUT2D eigenvalue weighted by atomic mass is 16.5. The number of ether oxygens (including phenoxy) is 2. The molecule has 1 aliphatic rings. The van der Waals surface area contributed by atoms with Gasteiger partial charge in [0.05, 0.1) is 13.3 Å². The summed E-state index contributed by atoms with van der Waals surface area (Å²) in [5, 5.41) is 6.61. The van der Waals surface area contributed by atoms with Crippen LogP contribution in [0.4, 0.5) is 11.8 Å². The van der Waals surface area contributed by atoms with Crippen LogP contribution >= 0.6 is 0 Å². The molecule has 0 saturated carbocycles. The van der Waals surface area contributed by atoms with Crippen LogP contribution in [0.1, 0.15) is 46.0 Å². The molecule has 0 radical (unpaired) electrons. The Labute approximate surface area is 126 Å². The summed E-state index contributed by atoms with van der Waals surface area (Å²) in [4.78, 5) is 8.79. The van der Waals surface area contributed by atoms with Crippen LogP contribution in [0.5, 0.6) is 5.75 Å². The summed E-state index contributed by atoms with van der Waals surface area (Å²) in [5.41, 5.74) is 0. The lowest BCUT2D eigenvalue weighted by Crippen LogP contribution is -2.21. The fourth-order valence-corrected chi connectivity index (χ4v) is 2.34. The third kappa shape index (κ3) is 4.74. The number of aromatic nitrogens is 2. The fourth-order valence-electron chi connectivity index (χ4n) is 2.34. The van der Waals surface area contributed by atoms with Gasteiger partial charge in [-0.2, -0.15) is 4.98 Å². The van der Waals surface area contributed by atoms with E-state index in [1.54, 1.807) is 13.3 Å². The number of hydrogen-bond acceptors (Lipinski definition) is 6. The first kappa shape index (κ1) is 15.8. The minimum atomic E-state index is 0.0174. The Balaban J connectivity index is 2.02. The maximum Gasteiger partial charge on any atom is 0.226 e. The Kier molecular flexibility index (Phi) is 6.04. The van der Waals surface area contributed by atoms with Crippen molar-refractivity contribution < 1.29 is 9.47 Å². The van der Waals surface area contributed by atoms with E-state index in [2.05, 4.69) is 34.4 Å². The van der Waals surface area contributed by atoms with Crippen LogP contribution in [0.2, 0.25) is 0 Å². The number of hydrogen-bond donors (Lipinski definition) is 2. The molecule has 2 N–H and O–H groups in total. The molecule has 2 unspecified atom stereocenters. The van der Waals surface area contributed by atoms with Gasteiger partial charge in [0.2, 0.25) is 5.95 Å². The second-order valence-electron chi connectivity index (χ2n) is 5.44. The first-order valence-electron chi connectivity index (χ1n) is 7.78. The highest BCUT2D eigenvalue weighted by molar-refractivity contribution is 5.52. The Morgan fingerprint density at radius 3 is 3.05 bits per heavy atom. The zero-order chi connectivity index (χ0) is 15.1. The van der Waals surface area contributed by atoms with Crippen LogP contribution in [0.25, 0.3) is 0 Å². The van der Waals surface area contributed by atoms with Gasteiger partial charge in [-0.05, 0) is 26.2 Å². The summed E-state index contributed by atoms with van der Waals surface area (Å²) < 4.78 is 10.9. The van der Waals surface area contributed by atoms with E-state index >= 15 is 0 Å². The van der Waals surface area contributed by atoms with Gasteiger partial charge in [0, 0.05) is 12.6 Å². The Morgan fingerprint density at radius 1 is 1.52 bits per heavy atom. The van der Waals surface area contributed by atoms with Gasteiger partial charge in [-0.25, -0.2) is 4.98 Å². The molecule has 21 heavy (non-hydrogen) atoms. The van der Waals surface area contributed by atoms with E-state index in [9.17, 15) is 0 Å². The molecule has 6 nitrogen and oxygen atoms in total. The van der Waals surface area contributed by atoms with E-state index < -0.39 is 0 Å². The summed E-state index contributed by atoms with van der Waals surface area (Å²) in [6.07, 6.45) is 7.28. The molecule has 1 fully saturated rings. The number of anilines is 2. The molecule has 2 rings (SSSR count). The Bertz CT molecular complexity index is 436. The summed E-state index contributed by atoms with van der Waals surface area (Å²) in [5.74, 6) is 1.97. The third-order valence-electron chi connectivity index (χ3n) is 3.57. The van der Waals surface area contributed by atoms with Crippen molar-refractivity contribution in [3.63, 3.8) is 0 Å². The van der Waals surface area contributed by atoms with Gasteiger partial charge < -0.3 is 20.1 Å². The van der Waals surface area contributed by atoms with Gasteiger partial charge in [-0.1, -0.05) is 19.8 Å². The van der Waals surface area contributed by atoms with Crippen LogP contribution < -0.4 is 15.4 Å². The van der Waals surface area contributed by atoms with Gasteiger partial charge in [-0.3, -0.25) is 0 Å². The SMILES string of the molecule is CCCCC(C)Nc1nc(NC2CCCO2)ncc1OC. The lowest BCUT2D eigenvalue weighted by Gasteiger charge is -2.18. The van der Waals surface area contributed by atoms with Crippen molar-refractivity contribution in [1.82, 2.24) is 9.97 Å². The maximum absolute atomic E-state index is 5.54. The second kappa shape index (κ2) is 8.02. The molecule has 1 aliphatic heterocycles. The number of methoxy groups -OCH3 is 1. The van der Waals surface area contributed by atoms with Crippen LogP contribution in [0.15, 0.2) is 6.20 Å². The molecular formula is C15H26N4O2. The first-order valence-corrected chi connectivity index (χ1v) is 7.78. The van der Waals surface area contributed by atoms with Crippen molar-refractivity contribution in [3.8, 4) is 5.75 Å². The Morgan fingerprint density at radius 2 is 2.38 bits per heavy atom. The number of nitrogens with one attached hydrogen (secondary N) is 2. The van der Waals surface area contributed by atoms with Crippen molar-refractivity contribution in [2.75, 3.05) is 24.4 Å². The largest absolute Gasteiger partial charge is 0.491 e. The highest BCUT2D eigenvalue weighted by Crippen LogP contribution is 2.24. The monoisotopic (exact) mass is 294 g/mol. The summed E-state index contributed by atoms with van der Waals surface area (Å²) in [6.45, 7) is 5.15. The summed E-state index contributed by atoms with van der Waals surface area (Å²) >= 11 is 0. The number of unbranched alkanes of at least 4 members (excludes halogenated alkanes) is 1. The maximum atomic E-state index is 5.54. The average Bonchev–Trinajstić information content (AvgIpc) is 2.98. The molecule has 0 aliphatic carbocycles. The van der Waals surface area contributed by atoms with Crippen LogP contribution in [-0.2, 0) is 4.74 Å². The van der Waals surface area contributed by atoms with Crippen molar-refractivity contribution in [3.05, 3.63) is 6.20 Å². The zero-order valence-electron chi connectivity index (χ0n) is 13.2. The minimum absolute atomic E-state index is 0.0174. The van der Waals surface area contributed by atoms with Crippen LogP contribution in [0, 0.1) is 0 Å². The molecule has 1 aromatic heterocycles. The zero-order valence-corrected chi connectivity index (χ0v) is 13.2. The molecule has 1 aromatic rings. The standard InChI is InChI=1S/C15H26N4O2/c1-4-5-7-11(2)17-14-12(20-3)10-16-15(19-14)18-13-8-6-9-21-13/h10-11,13H,4-9H2,1-3H3,(H2,16,17,18,19). The molecule has 0 amide bonds. The van der Waals surface area contributed by atoms with E-state index in [-0.39, 0.29) is 6.23 Å². The van der Waals surface area contributed by atoms with Crippen molar-refractivity contribution in [2.24, 2.45) is 0 Å². The van der Waals surface area contributed by atoms with E-state index in [1.165, 1.54) is 12.8 Å². The predicted molar refractivity (Wildman–Crippen MR) is 83.8 cm³/mol. The smallest absolute Gasteiger partial charge is 0.226 e. The molecular weight excluding hydrogens is 268 g/mol. The second-order valence-corrected chi connectivity index (χ2v) is 5.44. The van der Waals surface area contributed by atoms with Gasteiger partial charge in [0.25, 0.3) is 0 Å². The summed E-state index contributed by atoms with van der Waals surface area (Å²) in [7, 11) is 1.63. The van der Waals surface area contributed by atoms with Crippen molar-refractivity contribution in [2.45, 2.75) is 58.2 Å². The number of rotatable bonds is 8. The molecule has 0 aromatic carbocycles. The average molecular weight is 294 g/mol. The lowest BCUT2D eigenvalue weighted by molar-refractivity contribution is 0.131. The molecule has 2 atom stereocenters. The van der Waals surface area contributed by atoms with Crippen LogP contribution in [-0.4, -0.2) is 36.0 Å². The van der Waals surface area contributed by atoms with E-state index in [0.717, 1.165) is 31.7 Å². The minimum Gasteiger partial charge on any atom is -0.491 e. The lowest BCUT2D eigenvalue weighted by atomic mass is 10.1. The predicted octanol–water partition coefficient (Wildman–Crippen LogP) is 3.02. The van der Waals surface area contributed by atoms with E-state index in [4.69, 9.17) is 9.47 Å². The van der Waals surface area contributed by atoms with Crippen LogP contribution in [0.3, 0.4) is 0 Å². The molecule has 0 bridgehead atoms. The van der Waals surface area contributed by atoms with Crippen molar-refractivity contribution in [1.29, 1.82) is 0 Å². The molecule has 118 valence electrons. The van der Waals surface area contributed by atoms with Gasteiger partial charge >= 0.3 is 0 Å².